The smallest absolute Gasteiger partial charge is 0.229 e. The van der Waals surface area contributed by atoms with Crippen molar-refractivity contribution in [1.82, 2.24) is 0 Å². The summed E-state index contributed by atoms with van der Waals surface area (Å²) in [5.74, 6) is 1.20. The van der Waals surface area contributed by atoms with Crippen LogP contribution in [0.25, 0.3) is 0 Å². The molecule has 1 aliphatic heterocycles. The molecule has 0 saturated carbocycles. The molecule has 1 fully saturated rings. The molecule has 1 aliphatic rings. The molecule has 0 aromatic heterocycles. The van der Waals surface area contributed by atoms with Gasteiger partial charge in [-0.3, -0.25) is 9.59 Å². The molecule has 8 heteroatoms. The first kappa shape index (κ1) is 20.3. The number of anilines is 2. The van der Waals surface area contributed by atoms with E-state index in [0.717, 1.165) is 5.69 Å². The van der Waals surface area contributed by atoms with E-state index in [4.69, 9.17) is 18.9 Å². The van der Waals surface area contributed by atoms with Crippen molar-refractivity contribution in [2.45, 2.75) is 6.42 Å². The second-order valence-corrected chi connectivity index (χ2v) is 6.51. The van der Waals surface area contributed by atoms with Crippen molar-refractivity contribution < 1.29 is 28.5 Å². The lowest BCUT2D eigenvalue weighted by Crippen LogP contribution is -2.28. The summed E-state index contributed by atoms with van der Waals surface area (Å²) in [5, 5.41) is 2.84. The molecule has 29 heavy (non-hydrogen) atoms. The fraction of sp³-hybridized carbons (Fsp3) is 0.333. The summed E-state index contributed by atoms with van der Waals surface area (Å²) in [6, 6.07) is 10.5. The molecular formula is C21H24N2O6. The molecule has 8 nitrogen and oxygen atoms in total. The number of amides is 2. The molecular weight excluding hydrogens is 376 g/mol. The minimum atomic E-state index is -0.469. The summed E-state index contributed by atoms with van der Waals surface area (Å²) in [5.41, 5.74) is 1.23. The van der Waals surface area contributed by atoms with E-state index in [0.29, 0.717) is 35.2 Å². The van der Waals surface area contributed by atoms with Crippen LogP contribution in [0.1, 0.15) is 6.42 Å². The lowest BCUT2D eigenvalue weighted by Gasteiger charge is -2.18. The second kappa shape index (κ2) is 8.72. The fourth-order valence-corrected chi connectivity index (χ4v) is 3.29. The van der Waals surface area contributed by atoms with Gasteiger partial charge in [-0.05, 0) is 24.3 Å². The van der Waals surface area contributed by atoms with Gasteiger partial charge in [0.15, 0.2) is 11.5 Å². The Morgan fingerprint density at radius 3 is 2.10 bits per heavy atom. The highest BCUT2D eigenvalue weighted by molar-refractivity contribution is 6.03. The van der Waals surface area contributed by atoms with E-state index in [-0.39, 0.29) is 18.2 Å². The standard InChI is InChI=1S/C21H24N2O6/c1-26-16-7-5-15(6-8-16)23-12-13(9-19(23)24)21(25)22-14-10-17(27-2)20(29-4)18(11-14)28-3/h5-8,10-11,13H,9,12H2,1-4H3,(H,22,25). The van der Waals surface area contributed by atoms with Crippen molar-refractivity contribution >= 4 is 23.2 Å². The SMILES string of the molecule is COc1ccc(N2CC(C(=O)Nc3cc(OC)c(OC)c(OC)c3)CC2=O)cc1. The third-order valence-electron chi connectivity index (χ3n) is 4.81. The van der Waals surface area contributed by atoms with E-state index in [1.165, 1.54) is 21.3 Å². The fourth-order valence-electron chi connectivity index (χ4n) is 3.29. The van der Waals surface area contributed by atoms with Crippen LogP contribution in [0.4, 0.5) is 11.4 Å². The van der Waals surface area contributed by atoms with Gasteiger partial charge in [0.25, 0.3) is 0 Å². The zero-order valence-corrected chi connectivity index (χ0v) is 16.9. The Balaban J connectivity index is 1.73. The van der Waals surface area contributed by atoms with Crippen molar-refractivity contribution in [1.29, 1.82) is 0 Å². The first-order valence-corrected chi connectivity index (χ1v) is 9.06. The van der Waals surface area contributed by atoms with Crippen LogP contribution in [0.2, 0.25) is 0 Å². The predicted octanol–water partition coefficient (Wildman–Crippen LogP) is 2.71. The molecule has 1 atom stereocenters. The second-order valence-electron chi connectivity index (χ2n) is 6.51. The topological polar surface area (TPSA) is 86.3 Å². The van der Waals surface area contributed by atoms with E-state index in [1.54, 1.807) is 48.4 Å². The monoisotopic (exact) mass is 400 g/mol. The van der Waals surface area contributed by atoms with E-state index < -0.39 is 5.92 Å². The van der Waals surface area contributed by atoms with Crippen LogP contribution >= 0.6 is 0 Å². The number of nitrogens with zero attached hydrogens (tertiary/aromatic N) is 1. The van der Waals surface area contributed by atoms with Crippen LogP contribution in [0.3, 0.4) is 0 Å². The highest BCUT2D eigenvalue weighted by atomic mass is 16.5. The Kier molecular flexibility index (Phi) is 6.11. The summed E-state index contributed by atoms with van der Waals surface area (Å²) in [4.78, 5) is 26.8. The van der Waals surface area contributed by atoms with Crippen LogP contribution in [-0.4, -0.2) is 46.8 Å². The van der Waals surface area contributed by atoms with Crippen molar-refractivity contribution in [3.8, 4) is 23.0 Å². The number of hydrogen-bond acceptors (Lipinski definition) is 6. The number of ether oxygens (including phenoxy) is 4. The number of methoxy groups -OCH3 is 4. The Morgan fingerprint density at radius 1 is 0.966 bits per heavy atom. The average Bonchev–Trinajstić information content (AvgIpc) is 3.14. The molecule has 1 saturated heterocycles. The molecule has 1 N–H and O–H groups in total. The normalized spacial score (nSPS) is 15.8. The van der Waals surface area contributed by atoms with Gasteiger partial charge in [-0.15, -0.1) is 0 Å². The third kappa shape index (κ3) is 4.21. The molecule has 3 rings (SSSR count). The molecule has 0 spiro atoms. The summed E-state index contributed by atoms with van der Waals surface area (Å²) in [6.07, 6.45) is 0.141. The Hall–Kier alpha value is -3.42. The van der Waals surface area contributed by atoms with Crippen LogP contribution in [0.5, 0.6) is 23.0 Å². The first-order valence-electron chi connectivity index (χ1n) is 9.06. The summed E-state index contributed by atoms with van der Waals surface area (Å²) in [7, 11) is 6.10. The summed E-state index contributed by atoms with van der Waals surface area (Å²) < 4.78 is 21.0. The van der Waals surface area contributed by atoms with Gasteiger partial charge in [0.2, 0.25) is 17.6 Å². The minimum absolute atomic E-state index is 0.0970. The van der Waals surface area contributed by atoms with Crippen molar-refractivity contribution in [3.63, 3.8) is 0 Å². The highest BCUT2D eigenvalue weighted by Crippen LogP contribution is 2.40. The highest BCUT2D eigenvalue weighted by Gasteiger charge is 2.35. The van der Waals surface area contributed by atoms with Crippen molar-refractivity contribution in [2.75, 3.05) is 45.2 Å². The number of rotatable bonds is 7. The van der Waals surface area contributed by atoms with Gasteiger partial charge in [-0.2, -0.15) is 0 Å². The minimum Gasteiger partial charge on any atom is -0.497 e. The van der Waals surface area contributed by atoms with E-state index in [9.17, 15) is 9.59 Å². The maximum Gasteiger partial charge on any atom is 0.229 e. The van der Waals surface area contributed by atoms with Crippen LogP contribution in [0.15, 0.2) is 36.4 Å². The number of nitrogens with one attached hydrogen (secondary N) is 1. The lowest BCUT2D eigenvalue weighted by atomic mass is 10.1. The Labute approximate surface area is 169 Å². The molecule has 1 unspecified atom stereocenters. The molecule has 154 valence electrons. The lowest BCUT2D eigenvalue weighted by molar-refractivity contribution is -0.122. The van der Waals surface area contributed by atoms with Crippen LogP contribution < -0.4 is 29.2 Å². The van der Waals surface area contributed by atoms with Gasteiger partial charge in [0.1, 0.15) is 5.75 Å². The first-order chi connectivity index (χ1) is 14.0. The Morgan fingerprint density at radius 2 is 1.59 bits per heavy atom. The number of benzene rings is 2. The molecule has 0 bridgehead atoms. The van der Waals surface area contributed by atoms with E-state index >= 15 is 0 Å². The van der Waals surface area contributed by atoms with Gasteiger partial charge in [-0.1, -0.05) is 0 Å². The van der Waals surface area contributed by atoms with E-state index in [1.807, 2.05) is 0 Å². The summed E-state index contributed by atoms with van der Waals surface area (Å²) in [6.45, 7) is 0.307. The third-order valence-corrected chi connectivity index (χ3v) is 4.81. The number of carbonyl (C=O) groups excluding carboxylic acids is 2. The van der Waals surface area contributed by atoms with Gasteiger partial charge in [0, 0.05) is 36.5 Å². The maximum absolute atomic E-state index is 12.8. The van der Waals surface area contributed by atoms with Gasteiger partial charge >= 0.3 is 0 Å². The van der Waals surface area contributed by atoms with Gasteiger partial charge < -0.3 is 29.2 Å². The average molecular weight is 400 g/mol. The van der Waals surface area contributed by atoms with Crippen LogP contribution in [-0.2, 0) is 9.59 Å². The predicted molar refractivity (Wildman–Crippen MR) is 108 cm³/mol. The Bertz CT molecular complexity index is 872. The van der Waals surface area contributed by atoms with Crippen molar-refractivity contribution in [3.05, 3.63) is 36.4 Å². The van der Waals surface area contributed by atoms with Crippen LogP contribution in [0, 0.1) is 5.92 Å². The zero-order chi connectivity index (χ0) is 21.0. The van der Waals surface area contributed by atoms with Crippen molar-refractivity contribution in [2.24, 2.45) is 5.92 Å². The number of carbonyl (C=O) groups is 2. The van der Waals surface area contributed by atoms with Gasteiger partial charge in [0.05, 0.1) is 34.4 Å². The van der Waals surface area contributed by atoms with Gasteiger partial charge in [-0.25, -0.2) is 0 Å². The largest absolute Gasteiger partial charge is 0.497 e. The number of hydrogen-bond donors (Lipinski definition) is 1. The molecule has 0 aliphatic carbocycles. The zero-order valence-electron chi connectivity index (χ0n) is 16.9. The maximum atomic E-state index is 12.8. The van der Waals surface area contributed by atoms with E-state index in [2.05, 4.69) is 5.32 Å². The molecule has 2 aromatic carbocycles. The molecule has 2 amide bonds. The summed E-state index contributed by atoms with van der Waals surface area (Å²) >= 11 is 0. The quantitative estimate of drug-likeness (QED) is 0.769. The molecule has 0 radical (unpaired) electrons. The molecule has 1 heterocycles. The molecule has 2 aromatic rings.